The Hall–Kier alpha value is -4.07. The highest BCUT2D eigenvalue weighted by molar-refractivity contribution is 5.63. The normalized spacial score (nSPS) is 13.7. The zero-order valence-corrected chi connectivity index (χ0v) is 19.7. The van der Waals surface area contributed by atoms with E-state index in [9.17, 15) is 0 Å². The van der Waals surface area contributed by atoms with Gasteiger partial charge in [0, 0.05) is 49.8 Å². The molecule has 5 rings (SSSR count). The maximum Gasteiger partial charge on any atom is 0.225 e. The number of hydrogen-bond donors (Lipinski definition) is 0. The number of aromatic nitrogens is 4. The van der Waals surface area contributed by atoms with E-state index < -0.39 is 0 Å². The first kappa shape index (κ1) is 21.8. The van der Waals surface area contributed by atoms with Crippen molar-refractivity contribution >= 4 is 11.6 Å². The molecule has 4 aromatic rings. The first-order valence-electron chi connectivity index (χ1n) is 11.3. The van der Waals surface area contributed by atoms with Gasteiger partial charge in [-0.1, -0.05) is 0 Å². The molecule has 0 aliphatic carbocycles. The molecule has 0 radical (unpaired) electrons. The van der Waals surface area contributed by atoms with Gasteiger partial charge in [0.15, 0.2) is 0 Å². The molecule has 2 aromatic heterocycles. The van der Waals surface area contributed by atoms with Crippen molar-refractivity contribution in [2.24, 2.45) is 0 Å². The minimum Gasteiger partial charge on any atom is -0.497 e. The molecule has 0 unspecified atom stereocenters. The Kier molecular flexibility index (Phi) is 6.03. The first-order valence-corrected chi connectivity index (χ1v) is 11.3. The van der Waals surface area contributed by atoms with E-state index in [1.165, 1.54) is 5.69 Å². The molecule has 8 heteroatoms. The molecule has 174 valence electrons. The number of hydrogen-bond acceptors (Lipinski definition) is 7. The van der Waals surface area contributed by atoms with Crippen molar-refractivity contribution in [1.29, 1.82) is 0 Å². The third-order valence-corrected chi connectivity index (χ3v) is 6.15. The van der Waals surface area contributed by atoms with Gasteiger partial charge in [-0.2, -0.15) is 5.10 Å². The Labute approximate surface area is 199 Å². The van der Waals surface area contributed by atoms with Gasteiger partial charge in [0.2, 0.25) is 5.95 Å². The van der Waals surface area contributed by atoms with Crippen LogP contribution in [0.15, 0.2) is 67.0 Å². The number of nitrogens with zero attached hydrogens (tertiary/aromatic N) is 6. The van der Waals surface area contributed by atoms with Crippen LogP contribution in [0.1, 0.15) is 5.69 Å². The van der Waals surface area contributed by atoms with Gasteiger partial charge in [0.25, 0.3) is 0 Å². The summed E-state index contributed by atoms with van der Waals surface area (Å²) in [5, 5.41) is 4.70. The average Bonchev–Trinajstić information content (AvgIpc) is 3.30. The highest BCUT2D eigenvalue weighted by Gasteiger charge is 2.20. The van der Waals surface area contributed by atoms with Crippen molar-refractivity contribution in [2.75, 3.05) is 50.2 Å². The summed E-state index contributed by atoms with van der Waals surface area (Å²) in [6, 6.07) is 18.0. The van der Waals surface area contributed by atoms with Crippen LogP contribution in [0.25, 0.3) is 16.9 Å². The van der Waals surface area contributed by atoms with E-state index >= 15 is 0 Å². The van der Waals surface area contributed by atoms with Gasteiger partial charge < -0.3 is 19.3 Å². The third kappa shape index (κ3) is 4.39. The van der Waals surface area contributed by atoms with Gasteiger partial charge in [-0.25, -0.2) is 14.6 Å². The topological polar surface area (TPSA) is 68.5 Å². The molecule has 1 saturated heterocycles. The van der Waals surface area contributed by atoms with Crippen LogP contribution in [0.4, 0.5) is 11.6 Å². The number of benzene rings is 2. The fourth-order valence-corrected chi connectivity index (χ4v) is 4.19. The lowest BCUT2D eigenvalue weighted by Crippen LogP contribution is -2.47. The SMILES string of the molecule is COc1ccc(N2CCN(c3nccc(-c4cn(-c5ccc(OC)cc5)nc4C)n3)CC2)cc1. The van der Waals surface area contributed by atoms with Crippen LogP contribution in [0.5, 0.6) is 11.5 Å². The van der Waals surface area contributed by atoms with Crippen LogP contribution in [0.2, 0.25) is 0 Å². The molecule has 2 aromatic carbocycles. The van der Waals surface area contributed by atoms with E-state index in [0.29, 0.717) is 0 Å². The van der Waals surface area contributed by atoms with Crippen LogP contribution in [0.3, 0.4) is 0 Å². The smallest absolute Gasteiger partial charge is 0.225 e. The standard InChI is InChI=1S/C26H28N6O2/c1-19-24(18-32(29-19)21-6-10-23(34-3)11-7-21)25-12-13-27-26(28-25)31-16-14-30(15-17-31)20-4-8-22(33-2)9-5-20/h4-13,18H,14-17H2,1-3H3. The molecular formula is C26H28N6O2. The summed E-state index contributed by atoms with van der Waals surface area (Å²) >= 11 is 0. The largest absolute Gasteiger partial charge is 0.497 e. The predicted molar refractivity (Wildman–Crippen MR) is 133 cm³/mol. The lowest BCUT2D eigenvalue weighted by atomic mass is 10.2. The molecule has 8 nitrogen and oxygen atoms in total. The zero-order chi connectivity index (χ0) is 23.5. The van der Waals surface area contributed by atoms with Crippen LogP contribution in [-0.2, 0) is 0 Å². The molecule has 0 N–H and O–H groups in total. The highest BCUT2D eigenvalue weighted by atomic mass is 16.5. The van der Waals surface area contributed by atoms with Crippen molar-refractivity contribution in [3.63, 3.8) is 0 Å². The van der Waals surface area contributed by atoms with E-state index in [1.807, 2.05) is 66.5 Å². The van der Waals surface area contributed by atoms with E-state index in [2.05, 4.69) is 26.9 Å². The fraction of sp³-hybridized carbons (Fsp3) is 0.269. The summed E-state index contributed by atoms with van der Waals surface area (Å²) in [5.74, 6) is 2.45. The lowest BCUT2D eigenvalue weighted by Gasteiger charge is -2.36. The Morgan fingerprint density at radius 1 is 0.735 bits per heavy atom. The molecule has 0 bridgehead atoms. The van der Waals surface area contributed by atoms with Crippen molar-refractivity contribution in [1.82, 2.24) is 19.7 Å². The summed E-state index contributed by atoms with van der Waals surface area (Å²) < 4.78 is 12.4. The number of rotatable bonds is 6. The van der Waals surface area contributed by atoms with Crippen LogP contribution >= 0.6 is 0 Å². The summed E-state index contributed by atoms with van der Waals surface area (Å²) in [6.45, 7) is 5.55. The second kappa shape index (κ2) is 9.43. The van der Waals surface area contributed by atoms with Crippen molar-refractivity contribution in [3.8, 4) is 28.4 Å². The predicted octanol–water partition coefficient (Wildman–Crippen LogP) is 3.98. The maximum atomic E-state index is 5.27. The van der Waals surface area contributed by atoms with E-state index in [0.717, 1.165) is 66.3 Å². The Morgan fingerprint density at radius 3 is 1.94 bits per heavy atom. The number of methoxy groups -OCH3 is 2. The summed E-state index contributed by atoms with van der Waals surface area (Å²) in [4.78, 5) is 14.1. The molecule has 0 spiro atoms. The lowest BCUT2D eigenvalue weighted by molar-refractivity contribution is 0.414. The number of anilines is 2. The quantitative estimate of drug-likeness (QED) is 0.435. The van der Waals surface area contributed by atoms with Gasteiger partial charge >= 0.3 is 0 Å². The monoisotopic (exact) mass is 456 g/mol. The number of ether oxygens (including phenoxy) is 2. The Balaban J connectivity index is 1.31. The minimum absolute atomic E-state index is 0.753. The summed E-state index contributed by atoms with van der Waals surface area (Å²) in [7, 11) is 3.35. The molecule has 0 atom stereocenters. The van der Waals surface area contributed by atoms with Crippen molar-refractivity contribution < 1.29 is 9.47 Å². The molecular weight excluding hydrogens is 428 g/mol. The van der Waals surface area contributed by atoms with Gasteiger partial charge in [0.05, 0.1) is 31.3 Å². The molecule has 34 heavy (non-hydrogen) atoms. The average molecular weight is 457 g/mol. The third-order valence-electron chi connectivity index (χ3n) is 6.15. The van der Waals surface area contributed by atoms with Gasteiger partial charge in [-0.3, -0.25) is 0 Å². The molecule has 3 heterocycles. The van der Waals surface area contributed by atoms with Crippen LogP contribution < -0.4 is 19.3 Å². The highest BCUT2D eigenvalue weighted by Crippen LogP contribution is 2.26. The fourth-order valence-electron chi connectivity index (χ4n) is 4.19. The molecule has 1 aliphatic rings. The molecule has 1 aliphatic heterocycles. The maximum absolute atomic E-state index is 5.27. The first-order chi connectivity index (χ1) is 16.6. The van der Waals surface area contributed by atoms with E-state index in [-0.39, 0.29) is 0 Å². The summed E-state index contributed by atoms with van der Waals surface area (Å²) in [5.41, 5.74) is 4.97. The zero-order valence-electron chi connectivity index (χ0n) is 19.7. The Bertz CT molecular complexity index is 1250. The van der Waals surface area contributed by atoms with Crippen molar-refractivity contribution in [2.45, 2.75) is 6.92 Å². The van der Waals surface area contributed by atoms with Gasteiger partial charge in [0.1, 0.15) is 11.5 Å². The summed E-state index contributed by atoms with van der Waals surface area (Å²) in [6.07, 6.45) is 3.85. The van der Waals surface area contributed by atoms with Gasteiger partial charge in [-0.05, 0) is 61.5 Å². The van der Waals surface area contributed by atoms with E-state index in [4.69, 9.17) is 19.6 Å². The number of piperazine rings is 1. The van der Waals surface area contributed by atoms with E-state index in [1.54, 1.807) is 14.2 Å². The minimum atomic E-state index is 0.753. The Morgan fingerprint density at radius 2 is 1.32 bits per heavy atom. The van der Waals surface area contributed by atoms with Gasteiger partial charge in [-0.15, -0.1) is 0 Å². The van der Waals surface area contributed by atoms with Crippen molar-refractivity contribution in [3.05, 3.63) is 72.7 Å². The molecule has 0 saturated carbocycles. The second-order valence-electron chi connectivity index (χ2n) is 8.18. The van der Waals surface area contributed by atoms with Crippen LogP contribution in [0, 0.1) is 6.92 Å². The molecule has 1 fully saturated rings. The van der Waals surface area contributed by atoms with Crippen LogP contribution in [-0.4, -0.2) is 60.1 Å². The second-order valence-corrected chi connectivity index (χ2v) is 8.18. The number of aryl methyl sites for hydroxylation is 1. The molecule has 0 amide bonds.